The van der Waals surface area contributed by atoms with Gasteiger partial charge in [0.25, 0.3) is 11.5 Å². The molecule has 0 fully saturated rings. The predicted octanol–water partition coefficient (Wildman–Crippen LogP) is 0.421. The van der Waals surface area contributed by atoms with E-state index in [-0.39, 0.29) is 5.95 Å². The van der Waals surface area contributed by atoms with E-state index < -0.39 is 10.6 Å². The summed E-state index contributed by atoms with van der Waals surface area (Å²) in [7, 11) is 3.92. The van der Waals surface area contributed by atoms with Crippen molar-refractivity contribution < 1.29 is 5.03 Å². The van der Waals surface area contributed by atoms with E-state index in [4.69, 9.17) is 0 Å². The molecule has 0 aliphatic carbocycles. The first kappa shape index (κ1) is 15.6. The second kappa shape index (κ2) is 6.76. The van der Waals surface area contributed by atoms with E-state index in [1.54, 1.807) is 11.6 Å². The third kappa shape index (κ3) is 4.35. The molecule has 9 nitrogen and oxygen atoms in total. The fraction of sp³-hybridized carbons (Fsp3) is 0.308. The second-order valence-corrected chi connectivity index (χ2v) is 5.03. The lowest BCUT2D eigenvalue weighted by molar-refractivity contribution is -0.446. The topological polar surface area (TPSA) is 117 Å². The van der Waals surface area contributed by atoms with Gasteiger partial charge in [0.1, 0.15) is 0 Å². The van der Waals surface area contributed by atoms with Crippen molar-refractivity contribution in [2.75, 3.05) is 19.5 Å². The van der Waals surface area contributed by atoms with Crippen molar-refractivity contribution in [3.8, 4) is 0 Å². The summed E-state index contributed by atoms with van der Waals surface area (Å²) in [5.74, 6) is -0.196. The normalized spacial score (nSPS) is 10.7. The Balaban J connectivity index is 2.10. The monoisotopic (exact) mass is 304 g/mol. The molecule has 0 bridgehead atoms. The van der Waals surface area contributed by atoms with Crippen molar-refractivity contribution in [3.05, 3.63) is 61.8 Å². The van der Waals surface area contributed by atoms with Crippen LogP contribution in [0.3, 0.4) is 0 Å². The van der Waals surface area contributed by atoms with Crippen LogP contribution in [0.4, 0.5) is 5.95 Å². The molecule has 0 aromatic carbocycles. The molecule has 0 aliphatic heterocycles. The maximum absolute atomic E-state index is 11.9. The van der Waals surface area contributed by atoms with Crippen LogP contribution in [0.2, 0.25) is 0 Å². The van der Waals surface area contributed by atoms with E-state index in [0.29, 0.717) is 12.0 Å². The summed E-state index contributed by atoms with van der Waals surface area (Å²) in [6.45, 7) is 0.740. The number of rotatable bonds is 6. The number of H-pyrrole nitrogens is 1. The van der Waals surface area contributed by atoms with Crippen LogP contribution in [0.25, 0.3) is 0 Å². The molecule has 0 atom stereocenters. The Hall–Kier alpha value is -2.81. The molecular weight excluding hydrogens is 288 g/mol. The fourth-order valence-electron chi connectivity index (χ4n) is 1.89. The molecule has 9 heteroatoms. The maximum Gasteiger partial charge on any atom is 0.265 e. The van der Waals surface area contributed by atoms with Crippen molar-refractivity contribution in [3.63, 3.8) is 0 Å². The van der Waals surface area contributed by atoms with Gasteiger partial charge in [0.2, 0.25) is 0 Å². The summed E-state index contributed by atoms with van der Waals surface area (Å²) in [6.07, 6.45) is 3.39. The molecule has 0 aliphatic rings. The molecule has 0 radical (unpaired) electrons. The van der Waals surface area contributed by atoms with Crippen molar-refractivity contribution >= 4 is 5.95 Å². The molecule has 0 saturated heterocycles. The lowest BCUT2D eigenvalue weighted by atomic mass is 10.1. The van der Waals surface area contributed by atoms with E-state index >= 15 is 0 Å². The molecule has 116 valence electrons. The van der Waals surface area contributed by atoms with E-state index in [1.807, 2.05) is 31.1 Å². The number of hydrazine groups is 1. The first-order valence-electron chi connectivity index (χ1n) is 6.52. The SMILES string of the molecule is CN(C)Cc1ccc(Cc2cnc(N[N+](=O)[O-])[nH]c2=O)cn1. The molecular formula is C13H16N6O3. The quantitative estimate of drug-likeness (QED) is 0.586. The molecule has 2 aromatic rings. The van der Waals surface area contributed by atoms with Gasteiger partial charge in [-0.15, -0.1) is 0 Å². The highest BCUT2D eigenvalue weighted by Gasteiger charge is 2.07. The van der Waals surface area contributed by atoms with Gasteiger partial charge in [0, 0.05) is 30.9 Å². The van der Waals surface area contributed by atoms with Gasteiger partial charge >= 0.3 is 0 Å². The molecule has 0 spiro atoms. The van der Waals surface area contributed by atoms with E-state index in [2.05, 4.69) is 15.0 Å². The van der Waals surface area contributed by atoms with Gasteiger partial charge in [-0.2, -0.15) is 0 Å². The fourth-order valence-corrected chi connectivity index (χ4v) is 1.89. The molecule has 2 aromatic heterocycles. The van der Waals surface area contributed by atoms with Crippen molar-refractivity contribution in [1.29, 1.82) is 0 Å². The van der Waals surface area contributed by atoms with Gasteiger partial charge in [0.05, 0.1) is 5.69 Å². The van der Waals surface area contributed by atoms with Gasteiger partial charge in [-0.3, -0.25) is 14.8 Å². The standard InChI is InChI=1S/C13H16N6O3/c1-18(2)8-11-4-3-9(6-14-11)5-10-7-15-13(16-12(10)20)17-19(21)22/h3-4,6-7H,5,8H2,1-2H3,(H2,15,16,17,20). The molecule has 0 saturated carbocycles. The minimum absolute atomic E-state index is 0.196. The first-order valence-corrected chi connectivity index (χ1v) is 6.52. The van der Waals surface area contributed by atoms with E-state index in [0.717, 1.165) is 17.8 Å². The maximum atomic E-state index is 11.9. The molecule has 2 heterocycles. The minimum atomic E-state index is -0.786. The number of hydrogen-bond donors (Lipinski definition) is 2. The predicted molar refractivity (Wildman–Crippen MR) is 79.9 cm³/mol. The van der Waals surface area contributed by atoms with Crippen LogP contribution in [0.1, 0.15) is 16.8 Å². The average molecular weight is 304 g/mol. The zero-order chi connectivity index (χ0) is 16.1. The number of nitrogens with one attached hydrogen (secondary N) is 2. The summed E-state index contributed by atoms with van der Waals surface area (Å²) in [4.78, 5) is 34.6. The summed E-state index contributed by atoms with van der Waals surface area (Å²) < 4.78 is 0. The molecule has 0 amide bonds. The molecule has 2 N–H and O–H groups in total. The highest BCUT2D eigenvalue weighted by atomic mass is 16.7. The highest BCUT2D eigenvalue weighted by molar-refractivity contribution is 5.26. The Morgan fingerprint density at radius 2 is 2.09 bits per heavy atom. The zero-order valence-corrected chi connectivity index (χ0v) is 12.2. The Morgan fingerprint density at radius 1 is 1.32 bits per heavy atom. The summed E-state index contributed by atoms with van der Waals surface area (Å²) >= 11 is 0. The van der Waals surface area contributed by atoms with Gasteiger partial charge in [-0.1, -0.05) is 11.5 Å². The van der Waals surface area contributed by atoms with Crippen LogP contribution < -0.4 is 11.0 Å². The number of nitrogens with zero attached hydrogens (tertiary/aromatic N) is 4. The Kier molecular flexibility index (Phi) is 4.79. The minimum Gasteiger partial charge on any atom is -0.304 e. The Labute approximate surface area is 126 Å². The summed E-state index contributed by atoms with van der Waals surface area (Å²) in [6, 6.07) is 3.80. The molecule has 0 unspecified atom stereocenters. The van der Waals surface area contributed by atoms with Crippen molar-refractivity contribution in [1.82, 2.24) is 19.9 Å². The number of pyridine rings is 1. The van der Waals surface area contributed by atoms with Crippen molar-refractivity contribution in [2.24, 2.45) is 0 Å². The third-order valence-electron chi connectivity index (χ3n) is 2.83. The first-order chi connectivity index (χ1) is 10.4. The van der Waals surface area contributed by atoms with Gasteiger partial charge in [-0.05, 0) is 25.7 Å². The number of hydrogen-bond acceptors (Lipinski definition) is 6. The number of anilines is 1. The second-order valence-electron chi connectivity index (χ2n) is 5.03. The third-order valence-corrected chi connectivity index (χ3v) is 2.83. The highest BCUT2D eigenvalue weighted by Crippen LogP contribution is 2.07. The van der Waals surface area contributed by atoms with Crippen LogP contribution in [0, 0.1) is 10.1 Å². The van der Waals surface area contributed by atoms with Gasteiger partial charge in [-0.25, -0.2) is 15.1 Å². The van der Waals surface area contributed by atoms with Gasteiger partial charge in [0.15, 0.2) is 5.03 Å². The summed E-state index contributed by atoms with van der Waals surface area (Å²) in [5, 5.41) is 9.50. The average Bonchev–Trinajstić information content (AvgIpc) is 2.42. The summed E-state index contributed by atoms with van der Waals surface area (Å²) in [5.41, 5.74) is 3.60. The van der Waals surface area contributed by atoms with Crippen LogP contribution in [-0.2, 0) is 13.0 Å². The number of aromatic nitrogens is 3. The van der Waals surface area contributed by atoms with Crippen LogP contribution in [0.5, 0.6) is 0 Å². The largest absolute Gasteiger partial charge is 0.304 e. The lowest BCUT2D eigenvalue weighted by Gasteiger charge is -2.09. The zero-order valence-electron chi connectivity index (χ0n) is 12.2. The smallest absolute Gasteiger partial charge is 0.265 e. The van der Waals surface area contributed by atoms with Gasteiger partial charge < -0.3 is 4.90 Å². The van der Waals surface area contributed by atoms with Crippen LogP contribution in [-0.4, -0.2) is 39.0 Å². The van der Waals surface area contributed by atoms with Crippen LogP contribution in [0.15, 0.2) is 29.3 Å². The number of nitro groups is 1. The Morgan fingerprint density at radius 3 is 2.64 bits per heavy atom. The Bertz CT molecular complexity index is 710. The number of aromatic amines is 1. The van der Waals surface area contributed by atoms with Crippen LogP contribution >= 0.6 is 0 Å². The molecule has 22 heavy (non-hydrogen) atoms. The van der Waals surface area contributed by atoms with Crippen molar-refractivity contribution in [2.45, 2.75) is 13.0 Å². The van der Waals surface area contributed by atoms with E-state index in [1.165, 1.54) is 6.20 Å². The van der Waals surface area contributed by atoms with E-state index in [9.17, 15) is 14.9 Å². The lowest BCUT2D eigenvalue weighted by Crippen LogP contribution is -2.19. The molecule has 2 rings (SSSR count).